The topological polar surface area (TPSA) is 88.4 Å². The van der Waals surface area contributed by atoms with Gasteiger partial charge in [-0.25, -0.2) is 0 Å². The average Bonchev–Trinajstić information content (AvgIpc) is 2.83. The number of nitro benzene ring substituents is 1. The molecule has 33 heavy (non-hydrogen) atoms. The minimum absolute atomic E-state index is 0.0859. The first kappa shape index (κ1) is 23.4. The van der Waals surface area contributed by atoms with Crippen LogP contribution in [0.5, 0.6) is 5.75 Å². The van der Waals surface area contributed by atoms with Crippen molar-refractivity contribution in [1.29, 1.82) is 0 Å². The van der Waals surface area contributed by atoms with E-state index in [2.05, 4.69) is 4.90 Å². The molecule has 2 aromatic carbocycles. The van der Waals surface area contributed by atoms with Gasteiger partial charge < -0.3 is 24.2 Å². The van der Waals surface area contributed by atoms with Crippen LogP contribution in [0.4, 0.5) is 17.1 Å². The summed E-state index contributed by atoms with van der Waals surface area (Å²) in [6, 6.07) is 8.31. The van der Waals surface area contributed by atoms with Crippen molar-refractivity contribution in [2.45, 2.75) is 0 Å². The van der Waals surface area contributed by atoms with Crippen LogP contribution in [0.1, 0.15) is 10.4 Å². The lowest BCUT2D eigenvalue weighted by molar-refractivity contribution is -0.384. The second-order valence-corrected chi connectivity index (χ2v) is 8.60. The van der Waals surface area contributed by atoms with Gasteiger partial charge in [-0.2, -0.15) is 0 Å². The fraction of sp³-hybridized carbons (Fsp3) is 0.409. The number of carbonyl (C=O) groups excluding carboxylic acids is 1. The van der Waals surface area contributed by atoms with Crippen molar-refractivity contribution in [3.05, 3.63) is 56.1 Å². The van der Waals surface area contributed by atoms with Crippen molar-refractivity contribution in [3.8, 4) is 5.75 Å². The molecule has 0 unspecified atom stereocenters. The Kier molecular flexibility index (Phi) is 7.11. The Bertz CT molecular complexity index is 1030. The molecule has 2 aliphatic rings. The summed E-state index contributed by atoms with van der Waals surface area (Å²) in [5.41, 5.74) is 1.98. The summed E-state index contributed by atoms with van der Waals surface area (Å²) < 4.78 is 10.5. The minimum Gasteiger partial charge on any atom is -0.494 e. The van der Waals surface area contributed by atoms with Gasteiger partial charge in [0.25, 0.3) is 11.6 Å². The van der Waals surface area contributed by atoms with E-state index in [9.17, 15) is 14.9 Å². The standard InChI is InChI=1S/C22H24Cl2N4O5/c1-32-21-17(23)12-15(13-18(21)24)22(29)27-6-4-25(5-7-27)16-2-3-19(28(30)31)20(14-16)26-8-10-33-11-9-26/h2-3,12-14H,4-11H2,1H3. The molecule has 11 heteroatoms. The number of hydrogen-bond acceptors (Lipinski definition) is 7. The van der Waals surface area contributed by atoms with E-state index in [1.807, 2.05) is 11.0 Å². The third kappa shape index (κ3) is 4.95. The van der Waals surface area contributed by atoms with Gasteiger partial charge in [0.15, 0.2) is 5.75 Å². The first-order chi connectivity index (χ1) is 15.9. The van der Waals surface area contributed by atoms with E-state index in [-0.39, 0.29) is 26.6 Å². The molecule has 2 fully saturated rings. The van der Waals surface area contributed by atoms with Crippen LogP contribution in [0, 0.1) is 10.1 Å². The second-order valence-electron chi connectivity index (χ2n) is 7.78. The van der Waals surface area contributed by atoms with Crippen molar-refractivity contribution in [3.63, 3.8) is 0 Å². The molecule has 9 nitrogen and oxygen atoms in total. The highest BCUT2D eigenvalue weighted by Gasteiger charge is 2.27. The lowest BCUT2D eigenvalue weighted by Gasteiger charge is -2.37. The van der Waals surface area contributed by atoms with Crippen LogP contribution in [-0.2, 0) is 4.74 Å². The third-order valence-electron chi connectivity index (χ3n) is 5.89. The van der Waals surface area contributed by atoms with Crippen LogP contribution in [-0.4, -0.2) is 75.3 Å². The molecule has 1 amide bonds. The molecule has 0 atom stereocenters. The monoisotopic (exact) mass is 494 g/mol. The normalized spacial score (nSPS) is 16.6. The maximum atomic E-state index is 13.0. The Morgan fingerprint density at radius 3 is 2.21 bits per heavy atom. The van der Waals surface area contributed by atoms with Gasteiger partial charge in [0.05, 0.1) is 35.3 Å². The van der Waals surface area contributed by atoms with Gasteiger partial charge in [0.2, 0.25) is 0 Å². The maximum Gasteiger partial charge on any atom is 0.292 e. The number of methoxy groups -OCH3 is 1. The van der Waals surface area contributed by atoms with Crippen molar-refractivity contribution >= 4 is 46.2 Å². The molecular weight excluding hydrogens is 471 g/mol. The Morgan fingerprint density at radius 2 is 1.64 bits per heavy atom. The Hall–Kier alpha value is -2.75. The largest absolute Gasteiger partial charge is 0.494 e. The molecule has 176 valence electrons. The molecule has 0 aromatic heterocycles. The predicted molar refractivity (Wildman–Crippen MR) is 127 cm³/mol. The quantitative estimate of drug-likeness (QED) is 0.462. The van der Waals surface area contributed by atoms with E-state index in [1.54, 1.807) is 29.2 Å². The molecule has 0 radical (unpaired) electrons. The fourth-order valence-corrected chi connectivity index (χ4v) is 4.79. The number of benzene rings is 2. The zero-order chi connectivity index (χ0) is 23.5. The van der Waals surface area contributed by atoms with E-state index in [0.29, 0.717) is 69.5 Å². The van der Waals surface area contributed by atoms with E-state index in [0.717, 1.165) is 5.69 Å². The molecule has 4 rings (SSSR count). The maximum absolute atomic E-state index is 13.0. The SMILES string of the molecule is COc1c(Cl)cc(C(=O)N2CCN(c3ccc([N+](=O)[O-])c(N4CCOCC4)c3)CC2)cc1Cl. The lowest BCUT2D eigenvalue weighted by Crippen LogP contribution is -2.48. The Morgan fingerprint density at radius 1 is 1.00 bits per heavy atom. The highest BCUT2D eigenvalue weighted by Crippen LogP contribution is 2.35. The number of amides is 1. The molecule has 0 aliphatic carbocycles. The van der Waals surface area contributed by atoms with E-state index in [1.165, 1.54) is 7.11 Å². The average molecular weight is 495 g/mol. The first-order valence-corrected chi connectivity index (χ1v) is 11.3. The van der Waals surface area contributed by atoms with Gasteiger partial charge in [-0.15, -0.1) is 0 Å². The van der Waals surface area contributed by atoms with Gasteiger partial charge in [-0.3, -0.25) is 14.9 Å². The van der Waals surface area contributed by atoms with Gasteiger partial charge in [-0.1, -0.05) is 23.2 Å². The van der Waals surface area contributed by atoms with Crippen LogP contribution in [0.3, 0.4) is 0 Å². The summed E-state index contributed by atoms with van der Waals surface area (Å²) >= 11 is 12.4. The van der Waals surface area contributed by atoms with Gasteiger partial charge in [0, 0.05) is 56.6 Å². The molecule has 0 saturated carbocycles. The summed E-state index contributed by atoms with van der Waals surface area (Å²) in [7, 11) is 1.47. The van der Waals surface area contributed by atoms with Crippen molar-refractivity contribution in [1.82, 2.24) is 4.90 Å². The number of hydrogen-bond donors (Lipinski definition) is 0. The van der Waals surface area contributed by atoms with Crippen LogP contribution in [0.2, 0.25) is 10.0 Å². The molecular formula is C22H24Cl2N4O5. The summed E-state index contributed by atoms with van der Waals surface area (Å²) in [5, 5.41) is 12.1. The van der Waals surface area contributed by atoms with Crippen LogP contribution >= 0.6 is 23.2 Å². The number of halogens is 2. The number of anilines is 2. The van der Waals surface area contributed by atoms with Gasteiger partial charge in [-0.05, 0) is 24.3 Å². The Balaban J connectivity index is 1.47. The molecule has 2 saturated heterocycles. The number of morpholine rings is 1. The molecule has 0 spiro atoms. The van der Waals surface area contributed by atoms with Crippen LogP contribution in [0.15, 0.2) is 30.3 Å². The van der Waals surface area contributed by atoms with Crippen molar-refractivity contribution in [2.75, 3.05) is 69.4 Å². The van der Waals surface area contributed by atoms with E-state index in [4.69, 9.17) is 32.7 Å². The zero-order valence-electron chi connectivity index (χ0n) is 18.1. The zero-order valence-corrected chi connectivity index (χ0v) is 19.6. The van der Waals surface area contributed by atoms with Gasteiger partial charge >= 0.3 is 0 Å². The summed E-state index contributed by atoms with van der Waals surface area (Å²) in [4.78, 5) is 30.1. The van der Waals surface area contributed by atoms with Gasteiger partial charge in [0.1, 0.15) is 5.69 Å². The van der Waals surface area contributed by atoms with Crippen LogP contribution in [0.25, 0.3) is 0 Å². The highest BCUT2D eigenvalue weighted by molar-refractivity contribution is 6.37. The van der Waals surface area contributed by atoms with E-state index < -0.39 is 0 Å². The summed E-state index contributed by atoms with van der Waals surface area (Å²) in [5.74, 6) is 0.188. The highest BCUT2D eigenvalue weighted by atomic mass is 35.5. The molecule has 2 heterocycles. The predicted octanol–water partition coefficient (Wildman–Crippen LogP) is 3.71. The fourth-order valence-electron chi connectivity index (χ4n) is 4.15. The lowest BCUT2D eigenvalue weighted by atomic mass is 10.1. The first-order valence-electron chi connectivity index (χ1n) is 10.6. The van der Waals surface area contributed by atoms with Crippen molar-refractivity contribution in [2.24, 2.45) is 0 Å². The molecule has 2 aromatic rings. The number of nitrogens with zero attached hydrogens (tertiary/aromatic N) is 4. The number of ether oxygens (including phenoxy) is 2. The molecule has 0 bridgehead atoms. The molecule has 0 N–H and O–H groups in total. The van der Waals surface area contributed by atoms with Crippen molar-refractivity contribution < 1.29 is 19.2 Å². The summed E-state index contributed by atoms with van der Waals surface area (Å²) in [6.45, 7) is 4.52. The summed E-state index contributed by atoms with van der Waals surface area (Å²) in [6.07, 6.45) is 0. The number of rotatable bonds is 5. The van der Waals surface area contributed by atoms with Crippen LogP contribution < -0.4 is 14.5 Å². The third-order valence-corrected chi connectivity index (χ3v) is 6.45. The minimum atomic E-state index is -0.351. The number of nitro groups is 1. The smallest absolute Gasteiger partial charge is 0.292 e. The Labute approximate surface area is 201 Å². The molecule has 2 aliphatic heterocycles. The number of piperazine rings is 1. The second kappa shape index (κ2) is 10.0. The van der Waals surface area contributed by atoms with E-state index >= 15 is 0 Å². The number of carbonyl (C=O) groups is 1.